The van der Waals surface area contributed by atoms with E-state index in [1.54, 1.807) is 36.4 Å². The number of rotatable bonds is 12. The van der Waals surface area contributed by atoms with Gasteiger partial charge in [-0.3, -0.25) is 13.9 Å². The highest BCUT2D eigenvalue weighted by molar-refractivity contribution is 7.92. The van der Waals surface area contributed by atoms with E-state index in [9.17, 15) is 18.0 Å². The Morgan fingerprint density at radius 1 is 0.900 bits per heavy atom. The third-order valence-electron chi connectivity index (χ3n) is 6.99. The van der Waals surface area contributed by atoms with Crippen molar-refractivity contribution in [2.24, 2.45) is 0 Å². The SMILES string of the molecule is CCC(C)NC(=O)C(CC)N(Cc1ccccc1C)C(=O)CN(c1ccc(Cl)cc1)S(=O)(=O)c1ccc(C)cc1. The van der Waals surface area contributed by atoms with Crippen LogP contribution in [0.3, 0.4) is 0 Å². The number of nitrogens with zero attached hydrogens (tertiary/aromatic N) is 2. The van der Waals surface area contributed by atoms with Crippen LogP contribution in [-0.4, -0.2) is 43.8 Å². The van der Waals surface area contributed by atoms with Crippen molar-refractivity contribution in [1.82, 2.24) is 10.2 Å². The maximum Gasteiger partial charge on any atom is 0.264 e. The molecule has 0 heterocycles. The van der Waals surface area contributed by atoms with Gasteiger partial charge in [0.05, 0.1) is 10.6 Å². The molecule has 0 radical (unpaired) electrons. The summed E-state index contributed by atoms with van der Waals surface area (Å²) in [6.45, 7) is 9.22. The molecule has 2 amide bonds. The lowest BCUT2D eigenvalue weighted by atomic mass is 10.1. The fourth-order valence-electron chi connectivity index (χ4n) is 4.31. The number of hydrogen-bond acceptors (Lipinski definition) is 4. The second-order valence-electron chi connectivity index (χ2n) is 9.99. The van der Waals surface area contributed by atoms with Gasteiger partial charge in [-0.25, -0.2) is 8.42 Å². The van der Waals surface area contributed by atoms with Crippen LogP contribution in [0.25, 0.3) is 0 Å². The molecule has 7 nitrogen and oxygen atoms in total. The lowest BCUT2D eigenvalue weighted by molar-refractivity contribution is -0.140. The smallest absolute Gasteiger partial charge is 0.264 e. The van der Waals surface area contributed by atoms with Crippen LogP contribution in [0.2, 0.25) is 5.02 Å². The Morgan fingerprint density at radius 3 is 2.10 bits per heavy atom. The molecule has 0 spiro atoms. The van der Waals surface area contributed by atoms with Gasteiger partial charge in [-0.1, -0.05) is 67.4 Å². The van der Waals surface area contributed by atoms with Crippen LogP contribution >= 0.6 is 11.6 Å². The molecule has 0 fully saturated rings. The molecule has 3 aromatic rings. The van der Waals surface area contributed by atoms with Crippen molar-refractivity contribution >= 4 is 39.1 Å². The maximum atomic E-state index is 14.1. The Hall–Kier alpha value is -3.36. The van der Waals surface area contributed by atoms with Crippen molar-refractivity contribution in [2.45, 2.75) is 71.0 Å². The molecule has 3 aromatic carbocycles. The summed E-state index contributed by atoms with van der Waals surface area (Å²) >= 11 is 6.09. The first-order valence-corrected chi connectivity index (χ1v) is 15.3. The van der Waals surface area contributed by atoms with Gasteiger partial charge in [0.15, 0.2) is 0 Å². The minimum atomic E-state index is -4.13. The highest BCUT2D eigenvalue weighted by Crippen LogP contribution is 2.26. The van der Waals surface area contributed by atoms with Gasteiger partial charge >= 0.3 is 0 Å². The topological polar surface area (TPSA) is 86.8 Å². The highest BCUT2D eigenvalue weighted by Gasteiger charge is 2.34. The van der Waals surface area contributed by atoms with Crippen LogP contribution in [0.5, 0.6) is 0 Å². The number of sulfonamides is 1. The van der Waals surface area contributed by atoms with E-state index < -0.39 is 28.5 Å². The molecule has 0 aliphatic carbocycles. The van der Waals surface area contributed by atoms with Crippen molar-refractivity contribution in [1.29, 1.82) is 0 Å². The van der Waals surface area contributed by atoms with Crippen molar-refractivity contribution in [2.75, 3.05) is 10.8 Å². The number of carbonyl (C=O) groups excluding carboxylic acids is 2. The first kappa shape index (κ1) is 31.2. The van der Waals surface area contributed by atoms with Crippen LogP contribution in [0.1, 0.15) is 50.3 Å². The summed E-state index contributed by atoms with van der Waals surface area (Å²) in [5.41, 5.74) is 3.06. The Labute approximate surface area is 243 Å². The normalized spacial score (nSPS) is 12.8. The molecule has 0 aromatic heterocycles. The number of aryl methyl sites for hydroxylation is 2. The summed E-state index contributed by atoms with van der Waals surface area (Å²) < 4.78 is 28.9. The number of hydrogen-bond donors (Lipinski definition) is 1. The summed E-state index contributed by atoms with van der Waals surface area (Å²) in [7, 11) is -4.13. The van der Waals surface area contributed by atoms with Crippen LogP contribution in [0.4, 0.5) is 5.69 Å². The van der Waals surface area contributed by atoms with Gasteiger partial charge in [-0.15, -0.1) is 0 Å². The van der Waals surface area contributed by atoms with Crippen molar-refractivity contribution in [3.05, 3.63) is 94.5 Å². The zero-order valence-electron chi connectivity index (χ0n) is 23.7. The average Bonchev–Trinajstić information content (AvgIpc) is 2.93. The number of halogens is 1. The molecule has 9 heteroatoms. The Balaban J connectivity index is 2.06. The molecule has 2 unspecified atom stereocenters. The quantitative estimate of drug-likeness (QED) is 0.289. The average molecular weight is 584 g/mol. The van der Waals surface area contributed by atoms with Crippen molar-refractivity contribution < 1.29 is 18.0 Å². The van der Waals surface area contributed by atoms with E-state index >= 15 is 0 Å². The third kappa shape index (κ3) is 7.64. The van der Waals surface area contributed by atoms with Gasteiger partial charge in [-0.2, -0.15) is 0 Å². The van der Waals surface area contributed by atoms with Crippen LogP contribution in [0, 0.1) is 13.8 Å². The lowest BCUT2D eigenvalue weighted by Crippen LogP contribution is -2.53. The first-order valence-electron chi connectivity index (χ1n) is 13.5. The minimum absolute atomic E-state index is 0.0628. The van der Waals surface area contributed by atoms with Gasteiger partial charge in [0.1, 0.15) is 12.6 Å². The second-order valence-corrected chi connectivity index (χ2v) is 12.3. The lowest BCUT2D eigenvalue weighted by Gasteiger charge is -2.34. The Morgan fingerprint density at radius 2 is 1.52 bits per heavy atom. The fraction of sp³-hybridized carbons (Fsp3) is 0.355. The maximum absolute atomic E-state index is 14.1. The van der Waals surface area contributed by atoms with Crippen LogP contribution < -0.4 is 9.62 Å². The van der Waals surface area contributed by atoms with E-state index in [4.69, 9.17) is 11.6 Å². The fourth-order valence-corrected chi connectivity index (χ4v) is 5.85. The summed E-state index contributed by atoms with van der Waals surface area (Å²) in [6, 6.07) is 19.6. The van der Waals surface area contributed by atoms with E-state index in [1.165, 1.54) is 17.0 Å². The van der Waals surface area contributed by atoms with E-state index in [0.29, 0.717) is 17.1 Å². The minimum Gasteiger partial charge on any atom is -0.352 e. The van der Waals surface area contributed by atoms with Gasteiger partial charge in [0.2, 0.25) is 11.8 Å². The summed E-state index contributed by atoms with van der Waals surface area (Å²) in [4.78, 5) is 29.0. The molecular formula is C31H38ClN3O4S. The summed E-state index contributed by atoms with van der Waals surface area (Å²) in [5, 5.41) is 3.43. The molecule has 0 bridgehead atoms. The zero-order valence-corrected chi connectivity index (χ0v) is 25.3. The molecule has 0 aliphatic heterocycles. The van der Waals surface area contributed by atoms with E-state index in [1.807, 2.05) is 58.9 Å². The van der Waals surface area contributed by atoms with Crippen molar-refractivity contribution in [3.8, 4) is 0 Å². The zero-order chi connectivity index (χ0) is 29.4. The van der Waals surface area contributed by atoms with Crippen molar-refractivity contribution in [3.63, 3.8) is 0 Å². The predicted octanol–water partition coefficient (Wildman–Crippen LogP) is 5.87. The number of nitrogens with one attached hydrogen (secondary N) is 1. The summed E-state index contributed by atoms with van der Waals surface area (Å²) in [5.74, 6) is -0.752. The number of anilines is 1. The van der Waals surface area contributed by atoms with E-state index in [0.717, 1.165) is 27.4 Å². The second kappa shape index (κ2) is 13.8. The molecule has 40 heavy (non-hydrogen) atoms. The molecule has 0 aliphatic rings. The molecular weight excluding hydrogens is 546 g/mol. The highest BCUT2D eigenvalue weighted by atomic mass is 35.5. The van der Waals surface area contributed by atoms with Crippen LogP contribution in [0.15, 0.2) is 77.7 Å². The van der Waals surface area contributed by atoms with E-state index in [2.05, 4.69) is 5.32 Å². The van der Waals surface area contributed by atoms with Gasteiger partial charge < -0.3 is 10.2 Å². The number of benzene rings is 3. The molecule has 0 saturated carbocycles. The van der Waals surface area contributed by atoms with E-state index in [-0.39, 0.29) is 23.4 Å². The molecule has 0 saturated heterocycles. The molecule has 1 N–H and O–H groups in total. The summed E-state index contributed by atoms with van der Waals surface area (Å²) in [6.07, 6.45) is 1.11. The van der Waals surface area contributed by atoms with Crippen LogP contribution in [-0.2, 0) is 26.2 Å². The standard InChI is InChI=1S/C31H38ClN3O4S/c1-6-24(5)33-31(37)29(7-2)34(20-25-11-9-8-10-23(25)4)30(36)21-35(27-16-14-26(32)15-17-27)40(38,39)28-18-12-22(3)13-19-28/h8-19,24,29H,6-7,20-21H2,1-5H3,(H,33,37). The number of amides is 2. The number of carbonyl (C=O) groups is 2. The van der Waals surface area contributed by atoms with Gasteiger partial charge in [-0.05, 0) is 81.1 Å². The van der Waals surface area contributed by atoms with Gasteiger partial charge in [0.25, 0.3) is 10.0 Å². The largest absolute Gasteiger partial charge is 0.352 e. The third-order valence-corrected chi connectivity index (χ3v) is 9.03. The Bertz CT molecular complexity index is 1410. The molecule has 2 atom stereocenters. The molecule has 3 rings (SSSR count). The van der Waals surface area contributed by atoms with Gasteiger partial charge in [0, 0.05) is 17.6 Å². The molecule has 214 valence electrons. The first-order chi connectivity index (χ1) is 19.0. The monoisotopic (exact) mass is 583 g/mol. The predicted molar refractivity (Wildman–Crippen MR) is 161 cm³/mol. The Kier molecular flexibility index (Phi) is 10.8.